The molecule has 0 bridgehead atoms. The van der Waals surface area contributed by atoms with E-state index >= 15 is 0 Å². The summed E-state index contributed by atoms with van der Waals surface area (Å²) in [5.41, 5.74) is 0.0778. The molecule has 0 atom stereocenters. The first-order chi connectivity index (χ1) is 8.61. The highest BCUT2D eigenvalue weighted by Gasteiger charge is 2.22. The molecule has 1 heterocycles. The van der Waals surface area contributed by atoms with Crippen molar-refractivity contribution >= 4 is 17.7 Å². The van der Waals surface area contributed by atoms with Crippen LogP contribution in [0.2, 0.25) is 0 Å². The number of carbonyl (C=O) groups excluding carboxylic acids is 1. The molecule has 0 unspecified atom stereocenters. The first-order valence-electron chi connectivity index (χ1n) is 4.96. The van der Waals surface area contributed by atoms with E-state index in [0.29, 0.717) is 11.5 Å². The summed E-state index contributed by atoms with van der Waals surface area (Å²) >= 11 is 0. The second-order valence-corrected chi connectivity index (χ2v) is 3.38. The maximum Gasteiger partial charge on any atom is 0.330 e. The Hall–Kier alpha value is -2.57. The number of nitro benzene ring substituents is 1. The van der Waals surface area contributed by atoms with Crippen molar-refractivity contribution in [1.29, 1.82) is 0 Å². The molecular weight excluding hydrogens is 242 g/mol. The van der Waals surface area contributed by atoms with Crippen LogP contribution in [0.4, 0.5) is 5.69 Å². The molecule has 1 aromatic rings. The van der Waals surface area contributed by atoms with Gasteiger partial charge in [-0.2, -0.15) is 0 Å². The molecule has 0 saturated carbocycles. The molecule has 7 heteroatoms. The van der Waals surface area contributed by atoms with Gasteiger partial charge in [-0.3, -0.25) is 10.1 Å². The summed E-state index contributed by atoms with van der Waals surface area (Å²) in [6.07, 6.45) is 2.40. The van der Waals surface area contributed by atoms with Crippen molar-refractivity contribution < 1.29 is 23.9 Å². The Morgan fingerprint density at radius 3 is 2.72 bits per heavy atom. The SMILES string of the molecule is COC(=O)/C=C/c1cc2c(cc1[N+](=O)[O-])OCO2. The van der Waals surface area contributed by atoms with Crippen LogP contribution in [0.3, 0.4) is 0 Å². The fraction of sp³-hybridized carbons (Fsp3) is 0.182. The van der Waals surface area contributed by atoms with E-state index in [0.717, 1.165) is 6.08 Å². The van der Waals surface area contributed by atoms with E-state index in [-0.39, 0.29) is 18.0 Å². The zero-order valence-electron chi connectivity index (χ0n) is 9.41. The molecule has 7 nitrogen and oxygen atoms in total. The Labute approximate surface area is 102 Å². The number of hydrogen-bond donors (Lipinski definition) is 0. The van der Waals surface area contributed by atoms with Crippen LogP contribution in [-0.2, 0) is 9.53 Å². The number of fused-ring (bicyclic) bond motifs is 1. The van der Waals surface area contributed by atoms with Crippen LogP contribution in [0, 0.1) is 10.1 Å². The van der Waals surface area contributed by atoms with E-state index in [9.17, 15) is 14.9 Å². The highest BCUT2D eigenvalue weighted by Crippen LogP contribution is 2.38. The van der Waals surface area contributed by atoms with E-state index < -0.39 is 10.9 Å². The van der Waals surface area contributed by atoms with E-state index in [1.54, 1.807) is 0 Å². The molecule has 94 valence electrons. The molecule has 0 radical (unpaired) electrons. The van der Waals surface area contributed by atoms with Crippen molar-refractivity contribution in [3.63, 3.8) is 0 Å². The molecule has 1 aromatic carbocycles. The van der Waals surface area contributed by atoms with Gasteiger partial charge in [-0.25, -0.2) is 4.79 Å². The molecule has 0 N–H and O–H groups in total. The van der Waals surface area contributed by atoms with Gasteiger partial charge in [-0.15, -0.1) is 0 Å². The van der Waals surface area contributed by atoms with Gasteiger partial charge in [0, 0.05) is 6.08 Å². The number of hydrogen-bond acceptors (Lipinski definition) is 6. The molecule has 0 aromatic heterocycles. The molecule has 0 amide bonds. The first-order valence-corrected chi connectivity index (χ1v) is 4.96. The maximum atomic E-state index is 11.0. The normalized spacial score (nSPS) is 12.7. The second kappa shape index (κ2) is 4.74. The lowest BCUT2D eigenvalue weighted by molar-refractivity contribution is -0.385. The minimum Gasteiger partial charge on any atom is -0.466 e. The third-order valence-electron chi connectivity index (χ3n) is 2.32. The number of benzene rings is 1. The molecule has 0 saturated heterocycles. The molecule has 0 aliphatic carbocycles. The lowest BCUT2D eigenvalue weighted by Gasteiger charge is -2.00. The Morgan fingerprint density at radius 1 is 1.44 bits per heavy atom. The zero-order valence-corrected chi connectivity index (χ0v) is 9.41. The molecule has 1 aliphatic heterocycles. The monoisotopic (exact) mass is 251 g/mol. The van der Waals surface area contributed by atoms with Crippen LogP contribution < -0.4 is 9.47 Å². The van der Waals surface area contributed by atoms with Crippen molar-refractivity contribution in [2.75, 3.05) is 13.9 Å². The molecule has 18 heavy (non-hydrogen) atoms. The summed E-state index contributed by atoms with van der Waals surface area (Å²) < 4.78 is 14.6. The van der Waals surface area contributed by atoms with Crippen molar-refractivity contribution in [3.05, 3.63) is 33.9 Å². The molecule has 2 rings (SSSR count). The first kappa shape index (κ1) is 11.9. The Kier molecular flexibility index (Phi) is 3.13. The smallest absolute Gasteiger partial charge is 0.330 e. The minimum atomic E-state index is -0.595. The van der Waals surface area contributed by atoms with Gasteiger partial charge in [-0.05, 0) is 12.1 Å². The Morgan fingerprint density at radius 2 is 2.11 bits per heavy atom. The van der Waals surface area contributed by atoms with Gasteiger partial charge in [0.05, 0.1) is 23.7 Å². The summed E-state index contributed by atoms with van der Waals surface area (Å²) in [5.74, 6) is 0.129. The summed E-state index contributed by atoms with van der Waals surface area (Å²) in [5, 5.41) is 10.9. The van der Waals surface area contributed by atoms with Crippen LogP contribution in [0.5, 0.6) is 11.5 Å². The molecule has 0 fully saturated rings. The maximum absolute atomic E-state index is 11.0. The lowest BCUT2D eigenvalue weighted by Crippen LogP contribution is -1.95. The van der Waals surface area contributed by atoms with E-state index in [4.69, 9.17) is 9.47 Å². The van der Waals surface area contributed by atoms with Gasteiger partial charge in [0.15, 0.2) is 11.5 Å². The largest absolute Gasteiger partial charge is 0.466 e. The van der Waals surface area contributed by atoms with Gasteiger partial charge in [0.1, 0.15) is 0 Å². The van der Waals surface area contributed by atoms with Crippen molar-refractivity contribution in [3.8, 4) is 11.5 Å². The van der Waals surface area contributed by atoms with Crippen molar-refractivity contribution in [1.82, 2.24) is 0 Å². The number of methoxy groups -OCH3 is 1. The molecule has 1 aliphatic rings. The van der Waals surface area contributed by atoms with Crippen LogP contribution in [0.15, 0.2) is 18.2 Å². The minimum absolute atomic E-state index is 0.0245. The topological polar surface area (TPSA) is 87.9 Å². The van der Waals surface area contributed by atoms with Gasteiger partial charge in [0.2, 0.25) is 6.79 Å². The predicted octanol–water partition coefficient (Wildman–Crippen LogP) is 1.51. The third kappa shape index (κ3) is 2.24. The second-order valence-electron chi connectivity index (χ2n) is 3.38. The number of carbonyl (C=O) groups is 1. The van der Waals surface area contributed by atoms with E-state index in [1.165, 1.54) is 25.3 Å². The van der Waals surface area contributed by atoms with Crippen LogP contribution in [0.1, 0.15) is 5.56 Å². The number of nitrogens with zero attached hydrogens (tertiary/aromatic N) is 1. The summed E-state index contributed by atoms with van der Waals surface area (Å²) in [4.78, 5) is 21.3. The average molecular weight is 251 g/mol. The Balaban J connectivity index is 2.42. The van der Waals surface area contributed by atoms with Crippen LogP contribution in [0.25, 0.3) is 6.08 Å². The quantitative estimate of drug-likeness (QED) is 0.350. The van der Waals surface area contributed by atoms with Gasteiger partial charge in [-0.1, -0.05) is 0 Å². The zero-order chi connectivity index (χ0) is 13.1. The Bertz CT molecular complexity index is 537. The fourth-order valence-electron chi connectivity index (χ4n) is 1.46. The number of rotatable bonds is 3. The van der Waals surface area contributed by atoms with E-state index in [1.807, 2.05) is 0 Å². The summed E-state index contributed by atoms with van der Waals surface area (Å²) in [6, 6.07) is 2.71. The van der Waals surface area contributed by atoms with Crippen LogP contribution >= 0.6 is 0 Å². The van der Waals surface area contributed by atoms with Gasteiger partial charge in [0.25, 0.3) is 5.69 Å². The number of nitro groups is 1. The average Bonchev–Trinajstić information content (AvgIpc) is 2.81. The van der Waals surface area contributed by atoms with Gasteiger partial charge < -0.3 is 14.2 Å². The highest BCUT2D eigenvalue weighted by atomic mass is 16.7. The van der Waals surface area contributed by atoms with E-state index in [2.05, 4.69) is 4.74 Å². The fourth-order valence-corrected chi connectivity index (χ4v) is 1.46. The van der Waals surface area contributed by atoms with Crippen molar-refractivity contribution in [2.45, 2.75) is 0 Å². The predicted molar refractivity (Wildman–Crippen MR) is 60.3 cm³/mol. The third-order valence-corrected chi connectivity index (χ3v) is 2.32. The molecular formula is C11H9NO6. The van der Waals surface area contributed by atoms with Crippen molar-refractivity contribution in [2.24, 2.45) is 0 Å². The molecule has 0 spiro atoms. The number of ether oxygens (including phenoxy) is 3. The lowest BCUT2D eigenvalue weighted by atomic mass is 10.1. The van der Waals surface area contributed by atoms with Gasteiger partial charge >= 0.3 is 5.97 Å². The summed E-state index contributed by atoms with van der Waals surface area (Å²) in [6.45, 7) is 0.0245. The summed E-state index contributed by atoms with van der Waals surface area (Å²) in [7, 11) is 1.22. The highest BCUT2D eigenvalue weighted by molar-refractivity contribution is 5.88. The number of esters is 1. The standard InChI is InChI=1S/C11H9NO6/c1-16-11(13)3-2-7-4-9-10(18-6-17-9)5-8(7)12(14)15/h2-5H,6H2,1H3/b3-2+. The van der Waals surface area contributed by atoms with Crippen LogP contribution in [-0.4, -0.2) is 24.8 Å².